The topological polar surface area (TPSA) is 49.9 Å². The van der Waals surface area contributed by atoms with Crippen molar-refractivity contribution in [1.82, 2.24) is 9.80 Å². The van der Waals surface area contributed by atoms with E-state index in [2.05, 4.69) is 0 Å². The molecule has 0 spiro atoms. The Kier molecular flexibility index (Phi) is 4.65. The first-order chi connectivity index (χ1) is 11.2. The molecule has 1 aliphatic carbocycles. The molecular weight excluding hydrogens is 292 g/mol. The molecule has 122 valence electrons. The fourth-order valence-electron chi connectivity index (χ4n) is 2.75. The van der Waals surface area contributed by atoms with Crippen molar-refractivity contribution >= 4 is 17.9 Å². The van der Waals surface area contributed by atoms with Gasteiger partial charge in [-0.1, -0.05) is 12.1 Å². The highest BCUT2D eigenvalue weighted by Gasteiger charge is 2.34. The Morgan fingerprint density at radius 2 is 1.83 bits per heavy atom. The Labute approximate surface area is 136 Å². The summed E-state index contributed by atoms with van der Waals surface area (Å²) in [7, 11) is 1.62. The first-order valence-corrected chi connectivity index (χ1v) is 8.07. The average Bonchev–Trinajstić information content (AvgIpc) is 3.44. The van der Waals surface area contributed by atoms with Gasteiger partial charge in [-0.25, -0.2) is 0 Å². The third-order valence-corrected chi connectivity index (χ3v) is 4.34. The van der Waals surface area contributed by atoms with Gasteiger partial charge in [-0.15, -0.1) is 0 Å². The van der Waals surface area contributed by atoms with Crippen LogP contribution >= 0.6 is 0 Å². The van der Waals surface area contributed by atoms with E-state index in [0.29, 0.717) is 26.2 Å². The maximum Gasteiger partial charge on any atom is 0.246 e. The molecule has 2 fully saturated rings. The number of piperazine rings is 1. The van der Waals surface area contributed by atoms with Gasteiger partial charge in [0.15, 0.2) is 0 Å². The van der Waals surface area contributed by atoms with Crippen LogP contribution in [0.25, 0.3) is 6.08 Å². The highest BCUT2D eigenvalue weighted by Crippen LogP contribution is 2.31. The Balaban J connectivity index is 1.52. The van der Waals surface area contributed by atoms with Crippen molar-refractivity contribution in [3.63, 3.8) is 0 Å². The van der Waals surface area contributed by atoms with Gasteiger partial charge >= 0.3 is 0 Å². The summed E-state index contributed by atoms with van der Waals surface area (Å²) in [5, 5.41) is 0. The standard InChI is InChI=1S/C18H22N2O3/c1-23-16-4-2-3-14(13-16)5-8-17(21)19-9-11-20(12-10-19)18(22)15-6-7-15/h2-5,8,13,15H,6-7,9-12H2,1H3/b8-5+. The van der Waals surface area contributed by atoms with Crippen molar-refractivity contribution in [2.24, 2.45) is 5.92 Å². The van der Waals surface area contributed by atoms with Crippen LogP contribution in [0.15, 0.2) is 30.3 Å². The van der Waals surface area contributed by atoms with Gasteiger partial charge in [0, 0.05) is 38.2 Å². The lowest BCUT2D eigenvalue weighted by Crippen LogP contribution is -2.50. The van der Waals surface area contributed by atoms with Crippen LogP contribution < -0.4 is 4.74 Å². The highest BCUT2D eigenvalue weighted by molar-refractivity contribution is 5.92. The SMILES string of the molecule is COc1cccc(/C=C/C(=O)N2CCN(C(=O)C3CC3)CC2)c1. The molecule has 0 radical (unpaired) electrons. The molecular formula is C18H22N2O3. The summed E-state index contributed by atoms with van der Waals surface area (Å²) in [6.07, 6.45) is 5.45. The molecule has 23 heavy (non-hydrogen) atoms. The summed E-state index contributed by atoms with van der Waals surface area (Å²) in [6, 6.07) is 7.58. The van der Waals surface area contributed by atoms with Gasteiger partial charge in [0.2, 0.25) is 11.8 Å². The molecule has 1 saturated carbocycles. The van der Waals surface area contributed by atoms with Crippen molar-refractivity contribution in [3.8, 4) is 5.75 Å². The number of benzene rings is 1. The zero-order valence-corrected chi connectivity index (χ0v) is 13.4. The molecule has 1 saturated heterocycles. The molecule has 0 N–H and O–H groups in total. The van der Waals surface area contributed by atoms with Gasteiger partial charge in [0.1, 0.15) is 5.75 Å². The van der Waals surface area contributed by atoms with Gasteiger partial charge in [0.25, 0.3) is 0 Å². The van der Waals surface area contributed by atoms with E-state index >= 15 is 0 Å². The van der Waals surface area contributed by atoms with Crippen LogP contribution in [0.3, 0.4) is 0 Å². The second kappa shape index (κ2) is 6.86. The smallest absolute Gasteiger partial charge is 0.246 e. The van der Waals surface area contributed by atoms with Gasteiger partial charge in [-0.05, 0) is 36.6 Å². The molecule has 1 aromatic carbocycles. The lowest BCUT2D eigenvalue weighted by molar-refractivity contribution is -0.138. The van der Waals surface area contributed by atoms with E-state index < -0.39 is 0 Å². The number of carbonyl (C=O) groups is 2. The maximum atomic E-state index is 12.3. The molecule has 1 heterocycles. The van der Waals surface area contributed by atoms with E-state index in [0.717, 1.165) is 24.2 Å². The predicted octanol–water partition coefficient (Wildman–Crippen LogP) is 1.79. The van der Waals surface area contributed by atoms with Crippen molar-refractivity contribution in [2.75, 3.05) is 33.3 Å². The fraction of sp³-hybridized carbons (Fsp3) is 0.444. The molecule has 0 aromatic heterocycles. The van der Waals surface area contributed by atoms with Crippen molar-refractivity contribution in [1.29, 1.82) is 0 Å². The van der Waals surface area contributed by atoms with E-state index in [1.165, 1.54) is 0 Å². The number of rotatable bonds is 4. The minimum absolute atomic E-state index is 0.00802. The van der Waals surface area contributed by atoms with Crippen molar-refractivity contribution in [3.05, 3.63) is 35.9 Å². The Morgan fingerprint density at radius 3 is 2.48 bits per heavy atom. The quantitative estimate of drug-likeness (QED) is 0.796. The van der Waals surface area contributed by atoms with E-state index in [-0.39, 0.29) is 17.7 Å². The first-order valence-electron chi connectivity index (χ1n) is 8.07. The molecule has 2 amide bonds. The molecule has 2 aliphatic rings. The van der Waals surface area contributed by atoms with Crippen LogP contribution in [0, 0.1) is 5.92 Å². The molecule has 0 unspecified atom stereocenters. The highest BCUT2D eigenvalue weighted by atomic mass is 16.5. The molecule has 3 rings (SSSR count). The molecule has 1 aromatic rings. The maximum absolute atomic E-state index is 12.3. The zero-order chi connectivity index (χ0) is 16.2. The van der Waals surface area contributed by atoms with Crippen LogP contribution in [-0.2, 0) is 9.59 Å². The molecule has 1 aliphatic heterocycles. The number of ether oxygens (including phenoxy) is 1. The normalized spacial score (nSPS) is 18.3. The zero-order valence-electron chi connectivity index (χ0n) is 13.4. The lowest BCUT2D eigenvalue weighted by atomic mass is 10.2. The Bertz CT molecular complexity index is 614. The number of amides is 2. The Morgan fingerprint density at radius 1 is 1.13 bits per heavy atom. The predicted molar refractivity (Wildman–Crippen MR) is 87.9 cm³/mol. The third kappa shape index (κ3) is 3.92. The van der Waals surface area contributed by atoms with Crippen LogP contribution in [0.4, 0.5) is 0 Å². The minimum Gasteiger partial charge on any atom is -0.497 e. The largest absolute Gasteiger partial charge is 0.497 e. The van der Waals surface area contributed by atoms with Crippen molar-refractivity contribution in [2.45, 2.75) is 12.8 Å². The lowest BCUT2D eigenvalue weighted by Gasteiger charge is -2.34. The molecule has 5 nitrogen and oxygen atoms in total. The first kappa shape index (κ1) is 15.6. The van der Waals surface area contributed by atoms with Gasteiger partial charge < -0.3 is 14.5 Å². The second-order valence-electron chi connectivity index (χ2n) is 6.03. The van der Waals surface area contributed by atoms with E-state index in [1.807, 2.05) is 29.2 Å². The van der Waals surface area contributed by atoms with Crippen LogP contribution in [0.2, 0.25) is 0 Å². The van der Waals surface area contributed by atoms with Crippen LogP contribution in [0.5, 0.6) is 5.75 Å². The Hall–Kier alpha value is -2.30. The second-order valence-corrected chi connectivity index (χ2v) is 6.03. The summed E-state index contributed by atoms with van der Waals surface area (Å²) in [6.45, 7) is 2.52. The molecule has 0 bridgehead atoms. The monoisotopic (exact) mass is 314 g/mol. The van der Waals surface area contributed by atoms with Crippen LogP contribution in [0.1, 0.15) is 18.4 Å². The van der Waals surface area contributed by atoms with Gasteiger partial charge in [0.05, 0.1) is 7.11 Å². The van der Waals surface area contributed by atoms with Crippen molar-refractivity contribution < 1.29 is 14.3 Å². The van der Waals surface area contributed by atoms with Gasteiger partial charge in [-0.3, -0.25) is 9.59 Å². The number of methoxy groups -OCH3 is 1. The number of nitrogens with zero attached hydrogens (tertiary/aromatic N) is 2. The number of hydrogen-bond donors (Lipinski definition) is 0. The number of hydrogen-bond acceptors (Lipinski definition) is 3. The fourth-order valence-corrected chi connectivity index (χ4v) is 2.75. The minimum atomic E-state index is -0.00802. The summed E-state index contributed by atoms with van der Waals surface area (Å²) >= 11 is 0. The van der Waals surface area contributed by atoms with E-state index in [1.54, 1.807) is 24.2 Å². The summed E-state index contributed by atoms with van der Waals surface area (Å²) in [4.78, 5) is 28.0. The summed E-state index contributed by atoms with van der Waals surface area (Å²) in [5.41, 5.74) is 0.931. The van der Waals surface area contributed by atoms with E-state index in [4.69, 9.17) is 4.74 Å². The molecule has 0 atom stereocenters. The third-order valence-electron chi connectivity index (χ3n) is 4.34. The van der Waals surface area contributed by atoms with Crippen LogP contribution in [-0.4, -0.2) is 54.9 Å². The number of carbonyl (C=O) groups excluding carboxylic acids is 2. The average molecular weight is 314 g/mol. The summed E-state index contributed by atoms with van der Waals surface area (Å²) in [5.74, 6) is 1.28. The van der Waals surface area contributed by atoms with Gasteiger partial charge in [-0.2, -0.15) is 0 Å². The molecule has 5 heteroatoms. The summed E-state index contributed by atoms with van der Waals surface area (Å²) < 4.78 is 5.17. The van der Waals surface area contributed by atoms with E-state index in [9.17, 15) is 9.59 Å².